The van der Waals surface area contributed by atoms with Crippen LogP contribution in [0.3, 0.4) is 0 Å². The standard InChI is InChI=1S/C20H27FN2O2/c21-18-4-1-3-17(13-18)20(6-2-7-20)19(24)23-8-5-16(15-23)14-22-9-11-25-12-10-22/h1,3-4,13,16H,2,5-12,14-15H2. The zero-order chi connectivity index (χ0) is 17.3. The van der Waals surface area contributed by atoms with Crippen molar-refractivity contribution in [2.24, 2.45) is 5.92 Å². The second-order valence-electron chi connectivity index (χ2n) is 7.76. The molecule has 0 aromatic heterocycles. The summed E-state index contributed by atoms with van der Waals surface area (Å²) in [6, 6.07) is 6.65. The van der Waals surface area contributed by atoms with Gasteiger partial charge in [-0.15, -0.1) is 0 Å². The highest BCUT2D eigenvalue weighted by molar-refractivity contribution is 5.89. The SMILES string of the molecule is O=C(N1CCC(CN2CCOCC2)C1)C1(c2cccc(F)c2)CCC1. The zero-order valence-electron chi connectivity index (χ0n) is 14.8. The van der Waals surface area contributed by atoms with E-state index in [9.17, 15) is 9.18 Å². The van der Waals surface area contributed by atoms with Crippen LogP contribution in [0.2, 0.25) is 0 Å². The largest absolute Gasteiger partial charge is 0.379 e. The van der Waals surface area contributed by atoms with E-state index in [1.165, 1.54) is 6.07 Å². The summed E-state index contributed by atoms with van der Waals surface area (Å²) in [5.41, 5.74) is 0.385. The Kier molecular flexibility index (Phi) is 4.78. The molecule has 136 valence electrons. The fourth-order valence-corrected chi connectivity index (χ4v) is 4.56. The van der Waals surface area contributed by atoms with Crippen molar-refractivity contribution < 1.29 is 13.9 Å². The Morgan fingerprint density at radius 3 is 2.72 bits per heavy atom. The van der Waals surface area contributed by atoms with E-state index >= 15 is 0 Å². The van der Waals surface area contributed by atoms with Crippen molar-refractivity contribution in [3.05, 3.63) is 35.6 Å². The second-order valence-corrected chi connectivity index (χ2v) is 7.76. The molecule has 25 heavy (non-hydrogen) atoms. The maximum atomic E-state index is 13.7. The predicted octanol–water partition coefficient (Wildman–Crippen LogP) is 2.43. The van der Waals surface area contributed by atoms with E-state index in [2.05, 4.69) is 4.90 Å². The number of benzene rings is 1. The maximum absolute atomic E-state index is 13.7. The van der Waals surface area contributed by atoms with Crippen LogP contribution in [-0.2, 0) is 14.9 Å². The van der Waals surface area contributed by atoms with Gasteiger partial charge in [-0.1, -0.05) is 18.6 Å². The number of hydrogen-bond acceptors (Lipinski definition) is 3. The molecule has 0 bridgehead atoms. The van der Waals surface area contributed by atoms with E-state index in [4.69, 9.17) is 4.74 Å². The maximum Gasteiger partial charge on any atom is 0.233 e. The first-order valence-electron chi connectivity index (χ1n) is 9.53. The number of amides is 1. The zero-order valence-corrected chi connectivity index (χ0v) is 14.8. The van der Waals surface area contributed by atoms with Gasteiger partial charge in [-0.05, 0) is 42.9 Å². The highest BCUT2D eigenvalue weighted by Crippen LogP contribution is 2.46. The molecular formula is C20H27FN2O2. The minimum atomic E-state index is -0.476. The Bertz CT molecular complexity index is 626. The molecule has 3 aliphatic rings. The number of hydrogen-bond donors (Lipinski definition) is 0. The molecule has 1 unspecified atom stereocenters. The molecule has 1 saturated carbocycles. The lowest BCUT2D eigenvalue weighted by molar-refractivity contribution is -0.140. The number of morpholine rings is 1. The van der Waals surface area contributed by atoms with Gasteiger partial charge in [-0.25, -0.2) is 4.39 Å². The normalized spacial score (nSPS) is 26.4. The van der Waals surface area contributed by atoms with E-state index in [1.807, 2.05) is 11.0 Å². The number of rotatable bonds is 4. The molecule has 1 aromatic carbocycles. The molecule has 1 aromatic rings. The van der Waals surface area contributed by atoms with Crippen LogP contribution in [-0.4, -0.2) is 61.6 Å². The summed E-state index contributed by atoms with van der Waals surface area (Å²) in [6.45, 7) is 6.36. The first-order chi connectivity index (χ1) is 12.2. The number of likely N-dealkylation sites (tertiary alicyclic amines) is 1. The minimum absolute atomic E-state index is 0.217. The van der Waals surface area contributed by atoms with E-state index in [0.717, 1.165) is 77.2 Å². The van der Waals surface area contributed by atoms with Crippen molar-refractivity contribution in [2.75, 3.05) is 45.9 Å². The molecule has 0 radical (unpaired) electrons. The molecule has 1 aliphatic carbocycles. The molecule has 2 aliphatic heterocycles. The average molecular weight is 346 g/mol. The van der Waals surface area contributed by atoms with Crippen LogP contribution in [0.1, 0.15) is 31.2 Å². The van der Waals surface area contributed by atoms with Crippen LogP contribution in [0.5, 0.6) is 0 Å². The van der Waals surface area contributed by atoms with E-state index < -0.39 is 5.41 Å². The van der Waals surface area contributed by atoms with Crippen molar-refractivity contribution in [3.63, 3.8) is 0 Å². The predicted molar refractivity (Wildman–Crippen MR) is 93.9 cm³/mol. The van der Waals surface area contributed by atoms with Crippen molar-refractivity contribution in [3.8, 4) is 0 Å². The molecule has 2 saturated heterocycles. The van der Waals surface area contributed by atoms with Crippen LogP contribution in [0, 0.1) is 11.7 Å². The van der Waals surface area contributed by atoms with Crippen LogP contribution >= 0.6 is 0 Å². The van der Waals surface area contributed by atoms with Crippen molar-refractivity contribution in [1.29, 1.82) is 0 Å². The molecule has 1 atom stereocenters. The quantitative estimate of drug-likeness (QED) is 0.839. The third-order valence-corrected chi connectivity index (χ3v) is 6.19. The highest BCUT2D eigenvalue weighted by atomic mass is 19.1. The summed E-state index contributed by atoms with van der Waals surface area (Å²) < 4.78 is 19.1. The Labute approximate surface area is 148 Å². The molecule has 3 fully saturated rings. The summed E-state index contributed by atoms with van der Waals surface area (Å²) in [5, 5.41) is 0. The van der Waals surface area contributed by atoms with Gasteiger partial charge in [-0.3, -0.25) is 9.69 Å². The Morgan fingerprint density at radius 2 is 2.04 bits per heavy atom. The fourth-order valence-electron chi connectivity index (χ4n) is 4.56. The van der Waals surface area contributed by atoms with Gasteiger partial charge >= 0.3 is 0 Å². The summed E-state index contributed by atoms with van der Waals surface area (Å²) >= 11 is 0. The Balaban J connectivity index is 1.42. The highest BCUT2D eigenvalue weighted by Gasteiger charge is 2.48. The summed E-state index contributed by atoms with van der Waals surface area (Å²) in [6.07, 6.45) is 3.81. The monoisotopic (exact) mass is 346 g/mol. The molecular weight excluding hydrogens is 319 g/mol. The number of halogens is 1. The van der Waals surface area contributed by atoms with Crippen LogP contribution in [0.4, 0.5) is 4.39 Å². The minimum Gasteiger partial charge on any atom is -0.379 e. The third-order valence-electron chi connectivity index (χ3n) is 6.19. The van der Waals surface area contributed by atoms with E-state index in [1.54, 1.807) is 12.1 Å². The number of carbonyl (C=O) groups excluding carboxylic acids is 1. The van der Waals surface area contributed by atoms with Crippen molar-refractivity contribution in [1.82, 2.24) is 9.80 Å². The number of carbonyl (C=O) groups is 1. The summed E-state index contributed by atoms with van der Waals surface area (Å²) in [5.74, 6) is 0.517. The topological polar surface area (TPSA) is 32.8 Å². The third kappa shape index (κ3) is 3.32. The van der Waals surface area contributed by atoms with Crippen molar-refractivity contribution in [2.45, 2.75) is 31.1 Å². The van der Waals surface area contributed by atoms with Gasteiger partial charge in [0.1, 0.15) is 5.82 Å². The summed E-state index contributed by atoms with van der Waals surface area (Å²) in [7, 11) is 0. The number of nitrogens with zero attached hydrogens (tertiary/aromatic N) is 2. The van der Waals surface area contributed by atoms with Gasteiger partial charge in [0.2, 0.25) is 5.91 Å². The van der Waals surface area contributed by atoms with Gasteiger partial charge < -0.3 is 9.64 Å². The molecule has 0 N–H and O–H groups in total. The first kappa shape index (κ1) is 17.0. The summed E-state index contributed by atoms with van der Waals surface area (Å²) in [4.78, 5) is 17.8. The number of ether oxygens (including phenoxy) is 1. The average Bonchev–Trinajstić information content (AvgIpc) is 3.03. The van der Waals surface area contributed by atoms with Crippen molar-refractivity contribution >= 4 is 5.91 Å². The van der Waals surface area contributed by atoms with Gasteiger partial charge in [0.05, 0.1) is 18.6 Å². The lowest BCUT2D eigenvalue weighted by atomic mass is 9.63. The smallest absolute Gasteiger partial charge is 0.233 e. The Morgan fingerprint density at radius 1 is 1.24 bits per heavy atom. The van der Waals surface area contributed by atoms with E-state index in [-0.39, 0.29) is 11.7 Å². The Hall–Kier alpha value is -1.46. The molecule has 0 spiro atoms. The van der Waals surface area contributed by atoms with Gasteiger partial charge in [0.25, 0.3) is 0 Å². The van der Waals surface area contributed by atoms with Crippen LogP contribution < -0.4 is 0 Å². The molecule has 1 amide bonds. The van der Waals surface area contributed by atoms with E-state index in [0.29, 0.717) is 5.92 Å². The van der Waals surface area contributed by atoms with Crippen LogP contribution in [0.25, 0.3) is 0 Å². The fraction of sp³-hybridized carbons (Fsp3) is 0.650. The molecule has 5 heteroatoms. The molecule has 4 rings (SSSR count). The van der Waals surface area contributed by atoms with Crippen LogP contribution in [0.15, 0.2) is 24.3 Å². The second kappa shape index (κ2) is 7.04. The first-order valence-corrected chi connectivity index (χ1v) is 9.53. The van der Waals surface area contributed by atoms with Gasteiger partial charge in [0, 0.05) is 32.7 Å². The lowest BCUT2D eigenvalue weighted by Gasteiger charge is -2.43. The van der Waals surface area contributed by atoms with Gasteiger partial charge in [0.15, 0.2) is 0 Å². The lowest BCUT2D eigenvalue weighted by Crippen LogP contribution is -2.50. The molecule has 2 heterocycles. The molecule has 4 nitrogen and oxygen atoms in total. The van der Waals surface area contributed by atoms with Gasteiger partial charge in [-0.2, -0.15) is 0 Å².